The van der Waals surface area contributed by atoms with Gasteiger partial charge in [0.05, 0.1) is 10.8 Å². The van der Waals surface area contributed by atoms with Gasteiger partial charge in [-0.2, -0.15) is 13.2 Å². The second-order valence-electron chi connectivity index (χ2n) is 8.10. The monoisotopic (exact) mass is 494 g/mol. The third kappa shape index (κ3) is 4.38. The maximum atomic E-state index is 13.9. The molecule has 34 heavy (non-hydrogen) atoms. The zero-order valence-corrected chi connectivity index (χ0v) is 18.9. The van der Waals surface area contributed by atoms with E-state index in [0.29, 0.717) is 5.56 Å². The first-order valence-corrected chi connectivity index (χ1v) is 12.1. The number of hydrogen-bond acceptors (Lipinski definition) is 6. The molecule has 4 rings (SSSR count). The second kappa shape index (κ2) is 8.44. The largest absolute Gasteiger partial charge is 0.406 e. The van der Waals surface area contributed by atoms with Crippen LogP contribution in [0.3, 0.4) is 0 Å². The smallest absolute Gasteiger partial charge is 0.366 e. The van der Waals surface area contributed by atoms with Crippen LogP contribution in [0.4, 0.5) is 18.9 Å². The molecule has 2 aliphatic rings. The lowest BCUT2D eigenvalue weighted by atomic mass is 9.89. The second-order valence-corrected chi connectivity index (χ2v) is 10.1. The lowest BCUT2D eigenvalue weighted by molar-refractivity contribution is -0.161. The summed E-state index contributed by atoms with van der Waals surface area (Å²) in [6.07, 6.45) is -4.73. The molecule has 0 bridgehead atoms. The van der Waals surface area contributed by atoms with Crippen molar-refractivity contribution in [1.82, 2.24) is 15.8 Å². The topological polar surface area (TPSA) is 108 Å². The SMILES string of the molecule is CC1=C(C(=O)Nc2cccc(S(C)(=O)=O)c2)C(=O)N2NC(C(F)(F)F)C(c3ccccc3)C2N1. The molecule has 3 N–H and O–H groups in total. The molecule has 2 aliphatic heterocycles. The summed E-state index contributed by atoms with van der Waals surface area (Å²) in [5.74, 6) is -2.96. The molecule has 2 aromatic rings. The zero-order valence-electron chi connectivity index (χ0n) is 18.1. The number of carbonyl (C=O) groups excluding carboxylic acids is 2. The highest BCUT2D eigenvalue weighted by Gasteiger charge is 2.58. The van der Waals surface area contributed by atoms with Crippen LogP contribution in [-0.2, 0) is 19.4 Å². The molecular weight excluding hydrogens is 473 g/mol. The van der Waals surface area contributed by atoms with E-state index in [1.165, 1.54) is 31.2 Å². The Morgan fingerprint density at radius 2 is 1.76 bits per heavy atom. The molecule has 12 heteroatoms. The zero-order chi connectivity index (χ0) is 24.8. The molecule has 1 fully saturated rings. The van der Waals surface area contributed by atoms with Crippen LogP contribution < -0.4 is 16.1 Å². The maximum Gasteiger partial charge on any atom is 0.406 e. The molecule has 0 spiro atoms. The number of nitrogens with one attached hydrogen (secondary N) is 3. The summed E-state index contributed by atoms with van der Waals surface area (Å²) in [7, 11) is -3.54. The summed E-state index contributed by atoms with van der Waals surface area (Å²) >= 11 is 0. The van der Waals surface area contributed by atoms with Crippen LogP contribution in [0.1, 0.15) is 18.4 Å². The molecule has 2 heterocycles. The summed E-state index contributed by atoms with van der Waals surface area (Å²) in [4.78, 5) is 26.0. The Kier molecular flexibility index (Phi) is 5.90. The summed E-state index contributed by atoms with van der Waals surface area (Å²) in [5, 5.41) is 6.12. The number of alkyl halides is 3. The minimum atomic E-state index is -4.66. The van der Waals surface area contributed by atoms with E-state index in [-0.39, 0.29) is 21.9 Å². The molecule has 3 unspecified atom stereocenters. The van der Waals surface area contributed by atoms with Crippen LogP contribution in [-0.4, -0.2) is 49.9 Å². The molecule has 2 amide bonds. The Bertz CT molecular complexity index is 1280. The lowest BCUT2D eigenvalue weighted by Gasteiger charge is -2.34. The Labute approximate surface area is 193 Å². The number of benzene rings is 2. The first kappa shape index (κ1) is 23.8. The molecule has 0 radical (unpaired) electrons. The fraction of sp³-hybridized carbons (Fsp3) is 0.273. The first-order chi connectivity index (χ1) is 15.9. The number of fused-ring (bicyclic) bond motifs is 1. The molecular formula is C22H21F3N4O4S. The highest BCUT2D eigenvalue weighted by Crippen LogP contribution is 2.41. The highest BCUT2D eigenvalue weighted by atomic mass is 32.2. The van der Waals surface area contributed by atoms with Crippen molar-refractivity contribution in [1.29, 1.82) is 0 Å². The number of amides is 2. The molecule has 0 aromatic heterocycles. The Morgan fingerprint density at radius 3 is 2.38 bits per heavy atom. The maximum absolute atomic E-state index is 13.9. The fourth-order valence-electron chi connectivity index (χ4n) is 4.16. The van der Waals surface area contributed by atoms with Crippen LogP contribution in [0, 0.1) is 0 Å². The van der Waals surface area contributed by atoms with Crippen molar-refractivity contribution in [2.45, 2.75) is 36.1 Å². The minimum Gasteiger partial charge on any atom is -0.366 e. The van der Waals surface area contributed by atoms with E-state index in [1.54, 1.807) is 30.3 Å². The molecule has 0 saturated carbocycles. The van der Waals surface area contributed by atoms with E-state index in [9.17, 15) is 31.2 Å². The first-order valence-electron chi connectivity index (χ1n) is 10.2. The van der Waals surface area contributed by atoms with E-state index < -0.39 is 46.0 Å². The van der Waals surface area contributed by atoms with Gasteiger partial charge in [0.1, 0.15) is 17.8 Å². The van der Waals surface area contributed by atoms with Crippen molar-refractivity contribution in [2.75, 3.05) is 11.6 Å². The van der Waals surface area contributed by atoms with Crippen molar-refractivity contribution in [2.24, 2.45) is 0 Å². The van der Waals surface area contributed by atoms with E-state index in [1.807, 2.05) is 0 Å². The van der Waals surface area contributed by atoms with Gasteiger partial charge in [-0.15, -0.1) is 0 Å². The average molecular weight is 494 g/mol. The van der Waals surface area contributed by atoms with E-state index in [4.69, 9.17) is 0 Å². The summed E-state index contributed by atoms with van der Waals surface area (Å²) in [5.41, 5.74) is 2.45. The highest BCUT2D eigenvalue weighted by molar-refractivity contribution is 7.90. The van der Waals surface area contributed by atoms with E-state index in [0.717, 1.165) is 11.3 Å². The predicted molar refractivity (Wildman–Crippen MR) is 117 cm³/mol. The Balaban J connectivity index is 1.65. The molecule has 3 atom stereocenters. The van der Waals surface area contributed by atoms with Gasteiger partial charge in [-0.3, -0.25) is 9.59 Å². The Hall–Kier alpha value is -3.38. The van der Waals surface area contributed by atoms with Crippen LogP contribution in [0.15, 0.2) is 70.8 Å². The van der Waals surface area contributed by atoms with Crippen molar-refractivity contribution in [3.8, 4) is 0 Å². The lowest BCUT2D eigenvalue weighted by Crippen LogP contribution is -2.56. The number of halogens is 3. The van der Waals surface area contributed by atoms with Gasteiger partial charge in [-0.05, 0) is 30.7 Å². The third-order valence-corrected chi connectivity index (χ3v) is 6.82. The third-order valence-electron chi connectivity index (χ3n) is 5.71. The van der Waals surface area contributed by atoms with Gasteiger partial charge in [-0.1, -0.05) is 36.4 Å². The molecule has 2 aromatic carbocycles. The van der Waals surface area contributed by atoms with Crippen LogP contribution in [0.25, 0.3) is 0 Å². The van der Waals surface area contributed by atoms with Gasteiger partial charge < -0.3 is 10.6 Å². The van der Waals surface area contributed by atoms with Crippen LogP contribution in [0.5, 0.6) is 0 Å². The molecule has 8 nitrogen and oxygen atoms in total. The minimum absolute atomic E-state index is 0.0379. The van der Waals surface area contributed by atoms with Crippen molar-refractivity contribution in [3.63, 3.8) is 0 Å². The van der Waals surface area contributed by atoms with Gasteiger partial charge in [0, 0.05) is 17.6 Å². The summed E-state index contributed by atoms with van der Waals surface area (Å²) < 4.78 is 65.1. The summed E-state index contributed by atoms with van der Waals surface area (Å²) in [6, 6.07) is 11.4. The normalized spacial score (nSPS) is 22.9. The Morgan fingerprint density at radius 1 is 1.09 bits per heavy atom. The van der Waals surface area contributed by atoms with E-state index in [2.05, 4.69) is 16.1 Å². The van der Waals surface area contributed by atoms with Crippen molar-refractivity contribution >= 4 is 27.3 Å². The number of sulfone groups is 1. The number of hydrazine groups is 1. The standard InChI is InChI=1S/C22H21F3N4O4S/c1-12-16(20(30)27-14-9-6-10-15(11-14)34(2,32)33)21(31)29-19(26-12)17(13-7-4-3-5-8-13)18(28-29)22(23,24)25/h3-11,17-19,26,28H,1-2H3,(H,27,30). The number of rotatable bonds is 4. The van der Waals surface area contributed by atoms with Crippen molar-refractivity contribution < 1.29 is 31.2 Å². The van der Waals surface area contributed by atoms with Crippen LogP contribution in [0.2, 0.25) is 0 Å². The predicted octanol–water partition coefficient (Wildman–Crippen LogP) is 2.29. The van der Waals surface area contributed by atoms with Gasteiger partial charge >= 0.3 is 6.18 Å². The average Bonchev–Trinajstić information content (AvgIpc) is 3.14. The van der Waals surface area contributed by atoms with Gasteiger partial charge in [-0.25, -0.2) is 18.9 Å². The van der Waals surface area contributed by atoms with Gasteiger partial charge in [0.2, 0.25) is 0 Å². The van der Waals surface area contributed by atoms with Gasteiger partial charge in [0.25, 0.3) is 11.8 Å². The molecule has 0 aliphatic carbocycles. The molecule has 180 valence electrons. The van der Waals surface area contributed by atoms with Crippen LogP contribution >= 0.6 is 0 Å². The van der Waals surface area contributed by atoms with Gasteiger partial charge in [0.15, 0.2) is 9.84 Å². The molecule has 1 saturated heterocycles. The van der Waals surface area contributed by atoms with E-state index >= 15 is 0 Å². The summed E-state index contributed by atoms with van der Waals surface area (Å²) in [6.45, 7) is 1.43. The number of nitrogens with zero attached hydrogens (tertiary/aromatic N) is 1. The number of carbonyl (C=O) groups is 2. The number of allylic oxidation sites excluding steroid dienone is 1. The quantitative estimate of drug-likeness (QED) is 0.563. The van der Waals surface area contributed by atoms with Crippen molar-refractivity contribution in [3.05, 3.63) is 71.4 Å². The number of anilines is 1. The fourth-order valence-corrected chi connectivity index (χ4v) is 4.83. The number of hydrogen-bond donors (Lipinski definition) is 3.